The van der Waals surface area contributed by atoms with Crippen molar-refractivity contribution in [2.75, 3.05) is 0 Å². The molecule has 0 aliphatic carbocycles. The first-order valence-electron chi connectivity index (χ1n) is 6.35. The van der Waals surface area contributed by atoms with Crippen LogP contribution in [-0.4, -0.2) is 15.9 Å². The molecule has 0 fully saturated rings. The summed E-state index contributed by atoms with van der Waals surface area (Å²) in [6.45, 7) is 3.72. The molecule has 20 heavy (non-hydrogen) atoms. The van der Waals surface area contributed by atoms with Gasteiger partial charge in [-0.2, -0.15) is 4.98 Å². The van der Waals surface area contributed by atoms with Crippen LogP contribution in [-0.2, 0) is 13.0 Å². The summed E-state index contributed by atoms with van der Waals surface area (Å²) < 4.78 is 11.5. The Bertz CT molecular complexity index is 610. The van der Waals surface area contributed by atoms with E-state index < -0.39 is 0 Å². The highest BCUT2D eigenvalue weighted by molar-refractivity contribution is 9.10. The van der Waals surface area contributed by atoms with E-state index in [1.54, 1.807) is 18.2 Å². The second kappa shape index (κ2) is 6.65. The number of nitrogens with zero attached hydrogens (tertiary/aromatic N) is 2. The van der Waals surface area contributed by atoms with Crippen molar-refractivity contribution in [1.29, 1.82) is 0 Å². The third kappa shape index (κ3) is 3.66. The zero-order chi connectivity index (χ0) is 14.5. The Morgan fingerprint density at radius 1 is 1.45 bits per heavy atom. The van der Waals surface area contributed by atoms with Crippen molar-refractivity contribution in [3.63, 3.8) is 0 Å². The van der Waals surface area contributed by atoms with Crippen molar-refractivity contribution in [3.05, 3.63) is 40.0 Å². The zero-order valence-corrected chi connectivity index (χ0v) is 12.9. The van der Waals surface area contributed by atoms with E-state index in [2.05, 4.69) is 26.1 Å². The van der Waals surface area contributed by atoms with Crippen LogP contribution in [0.5, 0.6) is 5.75 Å². The predicted octanol–water partition coefficient (Wildman–Crippen LogP) is 3.57. The van der Waals surface area contributed by atoms with Crippen LogP contribution < -0.4 is 4.74 Å². The molecule has 5 nitrogen and oxygen atoms in total. The molecule has 0 N–H and O–H groups in total. The summed E-state index contributed by atoms with van der Waals surface area (Å²) in [4.78, 5) is 15.7. The number of halogens is 1. The highest BCUT2D eigenvalue weighted by Gasteiger charge is 2.11. The number of rotatable bonds is 6. The minimum absolute atomic E-state index is 0.0488. The number of Topliss-reactive ketones (excluding diaryl/α,β-unsaturated/α-hetero) is 1. The molecule has 0 bridgehead atoms. The molecule has 6 heteroatoms. The molecule has 0 saturated heterocycles. The Kier molecular flexibility index (Phi) is 4.89. The number of ether oxygens (including phenoxy) is 1. The predicted molar refractivity (Wildman–Crippen MR) is 76.8 cm³/mol. The molecule has 2 rings (SSSR count). The molecule has 106 valence electrons. The van der Waals surface area contributed by atoms with Crippen LogP contribution in [0.3, 0.4) is 0 Å². The largest absolute Gasteiger partial charge is 0.485 e. The van der Waals surface area contributed by atoms with E-state index in [-0.39, 0.29) is 12.4 Å². The lowest BCUT2D eigenvalue weighted by atomic mass is 10.1. The highest BCUT2D eigenvalue weighted by atomic mass is 79.9. The summed E-state index contributed by atoms with van der Waals surface area (Å²) in [6.07, 6.45) is 1.70. The number of benzene rings is 1. The minimum Gasteiger partial charge on any atom is -0.485 e. The van der Waals surface area contributed by atoms with Gasteiger partial charge >= 0.3 is 0 Å². The van der Waals surface area contributed by atoms with Crippen LogP contribution in [0.2, 0.25) is 0 Å². The van der Waals surface area contributed by atoms with Crippen molar-refractivity contribution >= 4 is 21.7 Å². The lowest BCUT2D eigenvalue weighted by Gasteiger charge is -2.08. The lowest BCUT2D eigenvalue weighted by Crippen LogP contribution is -2.03. The fraction of sp³-hybridized carbons (Fsp3) is 0.357. The van der Waals surface area contributed by atoms with Gasteiger partial charge in [0, 0.05) is 10.9 Å². The van der Waals surface area contributed by atoms with Gasteiger partial charge in [0.25, 0.3) is 0 Å². The molecule has 0 aliphatic rings. The monoisotopic (exact) mass is 338 g/mol. The molecule has 0 spiro atoms. The molecule has 0 atom stereocenters. The van der Waals surface area contributed by atoms with Gasteiger partial charge in [-0.05, 0) is 31.5 Å². The van der Waals surface area contributed by atoms with Crippen molar-refractivity contribution in [2.45, 2.75) is 33.3 Å². The standard InChI is InChI=1S/C14H15BrN2O3/c1-3-4-14-16-13(17-20-14)8-19-12-7-10(15)5-6-11(12)9(2)18/h5-7H,3-4,8H2,1-2H3. The molecule has 0 saturated carbocycles. The van der Waals surface area contributed by atoms with Crippen molar-refractivity contribution in [1.82, 2.24) is 10.1 Å². The molecular weight excluding hydrogens is 324 g/mol. The topological polar surface area (TPSA) is 65.2 Å². The number of carbonyl (C=O) groups excluding carboxylic acids is 1. The van der Waals surface area contributed by atoms with Crippen LogP contribution in [0.15, 0.2) is 27.2 Å². The van der Waals surface area contributed by atoms with Gasteiger partial charge < -0.3 is 9.26 Å². The quantitative estimate of drug-likeness (QED) is 0.753. The lowest BCUT2D eigenvalue weighted by molar-refractivity contribution is 0.101. The van der Waals surface area contributed by atoms with E-state index in [9.17, 15) is 4.79 Å². The Labute approximate surface area is 125 Å². The van der Waals surface area contributed by atoms with E-state index in [0.29, 0.717) is 23.0 Å². The van der Waals surface area contributed by atoms with Gasteiger partial charge in [-0.25, -0.2) is 0 Å². The number of ketones is 1. The molecule has 0 amide bonds. The maximum absolute atomic E-state index is 11.5. The summed E-state index contributed by atoms with van der Waals surface area (Å²) in [5.74, 6) is 1.54. The number of aromatic nitrogens is 2. The van der Waals surface area contributed by atoms with Gasteiger partial charge in [-0.3, -0.25) is 4.79 Å². The van der Waals surface area contributed by atoms with Crippen LogP contribution >= 0.6 is 15.9 Å². The number of hydrogen-bond donors (Lipinski definition) is 0. The third-order valence-corrected chi connectivity index (χ3v) is 3.15. The summed E-state index contributed by atoms with van der Waals surface area (Å²) >= 11 is 3.36. The maximum Gasteiger partial charge on any atom is 0.226 e. The second-order valence-electron chi connectivity index (χ2n) is 4.34. The van der Waals surface area contributed by atoms with Crippen molar-refractivity contribution in [3.8, 4) is 5.75 Å². The zero-order valence-electron chi connectivity index (χ0n) is 11.4. The van der Waals surface area contributed by atoms with Crippen molar-refractivity contribution in [2.24, 2.45) is 0 Å². The Hall–Kier alpha value is -1.69. The first-order valence-corrected chi connectivity index (χ1v) is 7.14. The summed E-state index contributed by atoms with van der Waals surface area (Å²) in [7, 11) is 0. The summed E-state index contributed by atoms with van der Waals surface area (Å²) in [6, 6.07) is 5.28. The van der Waals surface area contributed by atoms with Crippen LogP contribution in [0.25, 0.3) is 0 Å². The highest BCUT2D eigenvalue weighted by Crippen LogP contribution is 2.24. The Morgan fingerprint density at radius 2 is 2.25 bits per heavy atom. The summed E-state index contributed by atoms with van der Waals surface area (Å²) in [5.41, 5.74) is 0.533. The van der Waals surface area contributed by atoms with Gasteiger partial charge in [0.1, 0.15) is 5.75 Å². The second-order valence-corrected chi connectivity index (χ2v) is 5.26. The molecule has 1 aromatic heterocycles. The van der Waals surface area contributed by atoms with Crippen LogP contribution in [0.1, 0.15) is 42.3 Å². The normalized spacial score (nSPS) is 10.6. The molecule has 0 radical (unpaired) electrons. The third-order valence-electron chi connectivity index (χ3n) is 2.65. The fourth-order valence-corrected chi connectivity index (χ4v) is 2.05. The molecule has 1 aromatic carbocycles. The molecule has 0 aliphatic heterocycles. The van der Waals surface area contributed by atoms with Crippen LogP contribution in [0.4, 0.5) is 0 Å². The Balaban J connectivity index is 2.09. The van der Waals surface area contributed by atoms with Gasteiger partial charge in [-0.1, -0.05) is 28.0 Å². The smallest absolute Gasteiger partial charge is 0.226 e. The van der Waals surface area contributed by atoms with Gasteiger partial charge in [0.15, 0.2) is 12.4 Å². The van der Waals surface area contributed by atoms with Crippen LogP contribution in [0, 0.1) is 0 Å². The van der Waals surface area contributed by atoms with E-state index in [4.69, 9.17) is 9.26 Å². The maximum atomic E-state index is 11.5. The van der Waals surface area contributed by atoms with E-state index in [1.165, 1.54) is 6.92 Å². The Morgan fingerprint density at radius 3 is 2.95 bits per heavy atom. The van der Waals surface area contributed by atoms with E-state index in [0.717, 1.165) is 17.3 Å². The fourth-order valence-electron chi connectivity index (χ4n) is 1.71. The van der Waals surface area contributed by atoms with Gasteiger partial charge in [0.2, 0.25) is 11.7 Å². The van der Waals surface area contributed by atoms with Gasteiger partial charge in [-0.15, -0.1) is 0 Å². The van der Waals surface area contributed by atoms with E-state index >= 15 is 0 Å². The number of carbonyl (C=O) groups is 1. The first-order chi connectivity index (χ1) is 9.60. The number of hydrogen-bond acceptors (Lipinski definition) is 5. The summed E-state index contributed by atoms with van der Waals surface area (Å²) in [5, 5.41) is 3.84. The van der Waals surface area contributed by atoms with Crippen molar-refractivity contribution < 1.29 is 14.1 Å². The molecular formula is C14H15BrN2O3. The molecule has 1 heterocycles. The van der Waals surface area contributed by atoms with Gasteiger partial charge in [0.05, 0.1) is 5.56 Å². The molecule has 0 unspecified atom stereocenters. The average molecular weight is 339 g/mol. The SMILES string of the molecule is CCCc1nc(COc2cc(Br)ccc2C(C)=O)no1. The van der Waals surface area contributed by atoms with E-state index in [1.807, 2.05) is 6.92 Å². The molecule has 2 aromatic rings. The first kappa shape index (κ1) is 14.7. The number of aryl methyl sites for hydroxylation is 1. The average Bonchev–Trinajstić information content (AvgIpc) is 2.84. The minimum atomic E-state index is -0.0488.